The molecule has 6 nitrogen and oxygen atoms in total. The Kier molecular flexibility index (Phi) is 6.21. The molecule has 1 fully saturated rings. The van der Waals surface area contributed by atoms with Gasteiger partial charge in [-0.1, -0.05) is 0 Å². The zero-order valence-electron chi connectivity index (χ0n) is 17.6. The van der Waals surface area contributed by atoms with Crippen molar-refractivity contribution in [1.82, 2.24) is 9.88 Å². The number of aryl methyl sites for hydroxylation is 1. The second-order valence-corrected chi connectivity index (χ2v) is 7.48. The first-order valence-corrected chi connectivity index (χ1v) is 10.3. The van der Waals surface area contributed by atoms with Crippen LogP contribution in [0.4, 0.5) is 4.39 Å². The molecule has 0 saturated carbocycles. The van der Waals surface area contributed by atoms with Crippen molar-refractivity contribution in [3.05, 3.63) is 65.9 Å². The number of ether oxygens (including phenoxy) is 2. The van der Waals surface area contributed by atoms with Crippen LogP contribution in [0.25, 0.3) is 11.3 Å². The molecule has 0 spiro atoms. The van der Waals surface area contributed by atoms with E-state index in [-0.39, 0.29) is 17.8 Å². The van der Waals surface area contributed by atoms with Gasteiger partial charge in [-0.15, -0.1) is 0 Å². The van der Waals surface area contributed by atoms with E-state index in [0.717, 1.165) is 35.5 Å². The zero-order valence-corrected chi connectivity index (χ0v) is 17.6. The Labute approximate surface area is 180 Å². The van der Waals surface area contributed by atoms with Crippen LogP contribution in [0, 0.1) is 5.82 Å². The average molecular weight is 424 g/mol. The maximum absolute atomic E-state index is 13.1. The van der Waals surface area contributed by atoms with Crippen molar-refractivity contribution in [2.75, 3.05) is 20.8 Å². The van der Waals surface area contributed by atoms with E-state index >= 15 is 0 Å². The molecular formula is C24H25FN2O4. The number of benzene rings is 2. The Balaban J connectivity index is 1.42. The molecule has 0 bridgehead atoms. The minimum absolute atomic E-state index is 0.0207. The van der Waals surface area contributed by atoms with Crippen molar-refractivity contribution >= 4 is 5.91 Å². The lowest BCUT2D eigenvalue weighted by Crippen LogP contribution is -2.31. The summed E-state index contributed by atoms with van der Waals surface area (Å²) in [4.78, 5) is 19.2. The van der Waals surface area contributed by atoms with Gasteiger partial charge in [0, 0.05) is 36.6 Å². The highest BCUT2D eigenvalue weighted by Crippen LogP contribution is 2.39. The minimum Gasteiger partial charge on any atom is -0.497 e. The van der Waals surface area contributed by atoms with Crippen molar-refractivity contribution in [3.8, 4) is 22.8 Å². The number of carbonyl (C=O) groups excluding carboxylic acids is 1. The summed E-state index contributed by atoms with van der Waals surface area (Å²) < 4.78 is 29.7. The van der Waals surface area contributed by atoms with Crippen molar-refractivity contribution in [2.45, 2.75) is 31.7 Å². The summed E-state index contributed by atoms with van der Waals surface area (Å²) in [5, 5.41) is 0. The van der Waals surface area contributed by atoms with Gasteiger partial charge in [0.05, 0.1) is 26.5 Å². The Morgan fingerprint density at radius 2 is 2.00 bits per heavy atom. The zero-order chi connectivity index (χ0) is 21.8. The molecule has 0 aliphatic carbocycles. The Hall–Kier alpha value is -3.35. The van der Waals surface area contributed by atoms with Gasteiger partial charge in [0.15, 0.2) is 11.7 Å². The molecule has 4 rings (SSSR count). The molecule has 0 radical (unpaired) electrons. The predicted molar refractivity (Wildman–Crippen MR) is 113 cm³/mol. The summed E-state index contributed by atoms with van der Waals surface area (Å²) >= 11 is 0. The highest BCUT2D eigenvalue weighted by Gasteiger charge is 2.31. The van der Waals surface area contributed by atoms with Gasteiger partial charge in [-0.25, -0.2) is 9.37 Å². The Morgan fingerprint density at radius 3 is 2.74 bits per heavy atom. The number of nitrogens with zero attached hydrogens (tertiary/aromatic N) is 2. The number of hydrogen-bond acceptors (Lipinski definition) is 5. The highest BCUT2D eigenvalue weighted by molar-refractivity contribution is 5.77. The van der Waals surface area contributed by atoms with Crippen LogP contribution in [0.2, 0.25) is 0 Å². The van der Waals surface area contributed by atoms with Crippen LogP contribution in [0.1, 0.15) is 36.8 Å². The quantitative estimate of drug-likeness (QED) is 0.545. The normalized spacial score (nSPS) is 15.8. The van der Waals surface area contributed by atoms with Gasteiger partial charge in [0.2, 0.25) is 5.91 Å². The van der Waals surface area contributed by atoms with E-state index in [0.29, 0.717) is 31.0 Å². The molecule has 2 heterocycles. The van der Waals surface area contributed by atoms with E-state index < -0.39 is 0 Å². The second kappa shape index (κ2) is 9.20. The fourth-order valence-corrected chi connectivity index (χ4v) is 4.01. The molecular weight excluding hydrogens is 399 g/mol. The first-order valence-electron chi connectivity index (χ1n) is 10.3. The molecule has 3 aromatic rings. The number of oxazole rings is 1. The third-order valence-electron chi connectivity index (χ3n) is 5.61. The van der Waals surface area contributed by atoms with Gasteiger partial charge in [0.1, 0.15) is 17.3 Å². The fraction of sp³-hybridized carbons (Fsp3) is 0.333. The Bertz CT molecular complexity index is 1050. The number of carbonyl (C=O) groups is 1. The van der Waals surface area contributed by atoms with Crippen LogP contribution < -0.4 is 9.47 Å². The van der Waals surface area contributed by atoms with Crippen LogP contribution in [-0.2, 0) is 11.2 Å². The topological polar surface area (TPSA) is 64.8 Å². The molecule has 1 aliphatic heterocycles. The number of methoxy groups -OCH3 is 2. The number of halogens is 1. The lowest BCUT2D eigenvalue weighted by atomic mass is 10.0. The van der Waals surface area contributed by atoms with Crippen molar-refractivity contribution in [2.24, 2.45) is 0 Å². The molecule has 1 aromatic heterocycles. The lowest BCUT2D eigenvalue weighted by molar-refractivity contribution is -0.132. The minimum atomic E-state index is -0.303. The number of likely N-dealkylation sites (tertiary alicyclic amines) is 1. The van der Waals surface area contributed by atoms with E-state index in [1.165, 1.54) is 12.1 Å². The van der Waals surface area contributed by atoms with Crippen molar-refractivity contribution in [1.29, 1.82) is 0 Å². The van der Waals surface area contributed by atoms with Gasteiger partial charge in [-0.3, -0.25) is 4.79 Å². The lowest BCUT2D eigenvalue weighted by Gasteiger charge is -2.26. The second-order valence-electron chi connectivity index (χ2n) is 7.48. The summed E-state index contributed by atoms with van der Waals surface area (Å²) in [6.45, 7) is 0.713. The van der Waals surface area contributed by atoms with Crippen molar-refractivity contribution in [3.63, 3.8) is 0 Å². The maximum atomic E-state index is 13.1. The van der Waals surface area contributed by atoms with E-state index in [1.807, 2.05) is 23.1 Å². The van der Waals surface area contributed by atoms with Crippen LogP contribution in [-0.4, -0.2) is 36.6 Å². The number of aromatic nitrogens is 1. The summed E-state index contributed by atoms with van der Waals surface area (Å²) in [5.41, 5.74) is 1.74. The monoisotopic (exact) mass is 424 g/mol. The highest BCUT2D eigenvalue weighted by atomic mass is 19.1. The summed E-state index contributed by atoms with van der Waals surface area (Å²) in [5.74, 6) is 2.25. The third kappa shape index (κ3) is 4.55. The SMILES string of the molecule is COc1ccc(C2CCCN2C(=O)CCc2ncc(-c3ccc(F)cc3)o2)c(OC)c1. The molecule has 1 atom stereocenters. The van der Waals surface area contributed by atoms with E-state index in [4.69, 9.17) is 13.9 Å². The molecule has 2 aromatic carbocycles. The van der Waals surface area contributed by atoms with Crippen LogP contribution in [0.5, 0.6) is 11.5 Å². The molecule has 1 amide bonds. The molecule has 7 heteroatoms. The molecule has 0 N–H and O–H groups in total. The summed E-state index contributed by atoms with van der Waals surface area (Å²) in [6, 6.07) is 11.7. The van der Waals surface area contributed by atoms with Gasteiger partial charge in [-0.05, 0) is 49.2 Å². The van der Waals surface area contributed by atoms with E-state index in [2.05, 4.69) is 4.98 Å². The standard InChI is InChI=1S/C24H25FN2O4/c1-29-18-9-10-19(21(14-18)30-2)20-4-3-13-27(20)24(28)12-11-23-26-15-22(31-23)16-5-7-17(25)8-6-16/h5-10,14-15,20H,3-4,11-13H2,1-2H3. The summed E-state index contributed by atoms with van der Waals surface area (Å²) in [6.07, 6.45) is 4.15. The molecule has 162 valence electrons. The number of amides is 1. The smallest absolute Gasteiger partial charge is 0.223 e. The van der Waals surface area contributed by atoms with Crippen LogP contribution >= 0.6 is 0 Å². The van der Waals surface area contributed by atoms with Crippen LogP contribution in [0.3, 0.4) is 0 Å². The average Bonchev–Trinajstić information content (AvgIpc) is 3.47. The number of rotatable bonds is 7. The summed E-state index contributed by atoms with van der Waals surface area (Å²) in [7, 11) is 3.24. The fourth-order valence-electron chi connectivity index (χ4n) is 4.01. The van der Waals surface area contributed by atoms with Crippen LogP contribution in [0.15, 0.2) is 53.1 Å². The largest absolute Gasteiger partial charge is 0.497 e. The predicted octanol–water partition coefficient (Wildman–Crippen LogP) is 4.79. The molecule has 1 aliphatic rings. The first kappa shape index (κ1) is 20.9. The molecule has 31 heavy (non-hydrogen) atoms. The first-order chi connectivity index (χ1) is 15.1. The Morgan fingerprint density at radius 1 is 1.19 bits per heavy atom. The van der Waals surface area contributed by atoms with Gasteiger partial charge >= 0.3 is 0 Å². The van der Waals surface area contributed by atoms with Gasteiger partial charge in [-0.2, -0.15) is 0 Å². The van der Waals surface area contributed by atoms with Gasteiger partial charge in [0.25, 0.3) is 0 Å². The third-order valence-corrected chi connectivity index (χ3v) is 5.61. The number of hydrogen-bond donors (Lipinski definition) is 0. The maximum Gasteiger partial charge on any atom is 0.223 e. The van der Waals surface area contributed by atoms with Gasteiger partial charge < -0.3 is 18.8 Å². The molecule has 1 saturated heterocycles. The van der Waals surface area contributed by atoms with E-state index in [9.17, 15) is 9.18 Å². The molecule has 1 unspecified atom stereocenters. The van der Waals surface area contributed by atoms with E-state index in [1.54, 1.807) is 32.5 Å². The van der Waals surface area contributed by atoms with Crippen molar-refractivity contribution < 1.29 is 23.1 Å².